The second-order valence-corrected chi connectivity index (χ2v) is 5.95. The van der Waals surface area contributed by atoms with E-state index in [1.54, 1.807) is 0 Å². The first-order valence-electron chi connectivity index (χ1n) is 7.19. The molecule has 3 nitrogen and oxygen atoms in total. The Labute approximate surface area is 107 Å². The molecule has 0 radical (unpaired) electrons. The Bertz CT molecular complexity index is 196. The number of nitrogens with zero attached hydrogens (tertiary/aromatic N) is 2. The van der Waals surface area contributed by atoms with E-state index in [0.717, 1.165) is 12.5 Å². The fourth-order valence-corrected chi connectivity index (χ4v) is 2.79. The first-order valence-corrected chi connectivity index (χ1v) is 7.19. The van der Waals surface area contributed by atoms with E-state index in [2.05, 4.69) is 37.6 Å². The van der Waals surface area contributed by atoms with Gasteiger partial charge in [-0.2, -0.15) is 0 Å². The van der Waals surface area contributed by atoms with Gasteiger partial charge in [-0.15, -0.1) is 0 Å². The Morgan fingerprint density at radius 3 is 2.29 bits per heavy atom. The first kappa shape index (κ1) is 14.9. The average molecular weight is 241 g/mol. The van der Waals surface area contributed by atoms with Crippen LogP contribution >= 0.6 is 0 Å². The summed E-state index contributed by atoms with van der Waals surface area (Å²) >= 11 is 0. The lowest BCUT2D eigenvalue weighted by molar-refractivity contribution is 0.0585. The van der Waals surface area contributed by atoms with E-state index in [-0.39, 0.29) is 0 Å². The molecule has 0 aromatic rings. The minimum absolute atomic E-state index is 0.695. The molecule has 0 aromatic carbocycles. The van der Waals surface area contributed by atoms with Crippen LogP contribution in [0.3, 0.4) is 0 Å². The molecular formula is C14H31N3. The average Bonchev–Trinajstić information content (AvgIpc) is 2.26. The highest BCUT2D eigenvalue weighted by Gasteiger charge is 2.25. The monoisotopic (exact) mass is 241 g/mol. The lowest BCUT2D eigenvalue weighted by Crippen LogP contribution is -2.54. The van der Waals surface area contributed by atoms with Crippen molar-refractivity contribution < 1.29 is 0 Å². The van der Waals surface area contributed by atoms with Gasteiger partial charge in [0.15, 0.2) is 0 Å². The van der Waals surface area contributed by atoms with Crippen LogP contribution in [0.4, 0.5) is 0 Å². The molecule has 0 amide bonds. The third kappa shape index (κ3) is 4.94. The van der Waals surface area contributed by atoms with E-state index in [9.17, 15) is 0 Å². The number of nitrogens with two attached hydrogens (primary N) is 1. The van der Waals surface area contributed by atoms with E-state index in [4.69, 9.17) is 5.73 Å². The van der Waals surface area contributed by atoms with E-state index < -0.39 is 0 Å². The van der Waals surface area contributed by atoms with Crippen molar-refractivity contribution in [3.05, 3.63) is 0 Å². The Balaban J connectivity index is 2.19. The molecule has 1 aliphatic rings. The van der Waals surface area contributed by atoms with Crippen LogP contribution < -0.4 is 5.73 Å². The van der Waals surface area contributed by atoms with Gasteiger partial charge in [-0.3, -0.25) is 4.90 Å². The zero-order valence-corrected chi connectivity index (χ0v) is 12.2. The van der Waals surface area contributed by atoms with Crippen molar-refractivity contribution in [3.63, 3.8) is 0 Å². The van der Waals surface area contributed by atoms with Gasteiger partial charge in [0.1, 0.15) is 0 Å². The minimum atomic E-state index is 0.695. The Kier molecular flexibility index (Phi) is 6.45. The highest BCUT2D eigenvalue weighted by atomic mass is 15.3. The topological polar surface area (TPSA) is 32.5 Å². The first-order chi connectivity index (χ1) is 8.04. The predicted molar refractivity (Wildman–Crippen MR) is 75.2 cm³/mol. The molecule has 1 heterocycles. The standard InChI is InChI=1S/C14H31N3/c1-12(7-8-15)6-5-9-17-10-13(2)16(4)14(3)11-17/h12-14H,5-11,15H2,1-4H3. The van der Waals surface area contributed by atoms with Crippen LogP contribution in [0.25, 0.3) is 0 Å². The Hall–Kier alpha value is -0.120. The molecule has 0 saturated carbocycles. The molecule has 1 fully saturated rings. The van der Waals surface area contributed by atoms with Gasteiger partial charge in [0.05, 0.1) is 0 Å². The van der Waals surface area contributed by atoms with Crippen LogP contribution in [0.5, 0.6) is 0 Å². The summed E-state index contributed by atoms with van der Waals surface area (Å²) in [7, 11) is 2.25. The molecular weight excluding hydrogens is 210 g/mol. The van der Waals surface area contributed by atoms with Crippen LogP contribution in [-0.2, 0) is 0 Å². The van der Waals surface area contributed by atoms with Crippen molar-refractivity contribution in [1.82, 2.24) is 9.80 Å². The molecule has 0 aromatic heterocycles. The highest BCUT2D eigenvalue weighted by Crippen LogP contribution is 2.15. The maximum Gasteiger partial charge on any atom is 0.0195 e. The summed E-state index contributed by atoms with van der Waals surface area (Å²) < 4.78 is 0. The molecule has 102 valence electrons. The number of hydrogen-bond donors (Lipinski definition) is 1. The fourth-order valence-electron chi connectivity index (χ4n) is 2.79. The smallest absolute Gasteiger partial charge is 0.0195 e. The molecule has 0 bridgehead atoms. The van der Waals surface area contributed by atoms with Crippen molar-refractivity contribution in [3.8, 4) is 0 Å². The lowest BCUT2D eigenvalue weighted by atomic mass is 10.0. The maximum absolute atomic E-state index is 5.58. The minimum Gasteiger partial charge on any atom is -0.330 e. The lowest BCUT2D eigenvalue weighted by Gasteiger charge is -2.42. The molecule has 3 unspecified atom stereocenters. The molecule has 0 aliphatic carbocycles. The summed E-state index contributed by atoms with van der Waals surface area (Å²) in [5.74, 6) is 0.794. The zero-order valence-electron chi connectivity index (χ0n) is 12.2. The molecule has 3 heteroatoms. The summed E-state index contributed by atoms with van der Waals surface area (Å²) in [6.45, 7) is 11.5. The quantitative estimate of drug-likeness (QED) is 0.769. The largest absolute Gasteiger partial charge is 0.330 e. The second-order valence-electron chi connectivity index (χ2n) is 5.95. The summed E-state index contributed by atoms with van der Waals surface area (Å²) in [5, 5.41) is 0. The van der Waals surface area contributed by atoms with Gasteiger partial charge in [-0.05, 0) is 59.2 Å². The van der Waals surface area contributed by atoms with E-state index >= 15 is 0 Å². The zero-order chi connectivity index (χ0) is 12.8. The molecule has 1 aliphatic heterocycles. The molecule has 3 atom stereocenters. The fraction of sp³-hybridized carbons (Fsp3) is 1.00. The van der Waals surface area contributed by atoms with Crippen LogP contribution in [0.2, 0.25) is 0 Å². The van der Waals surface area contributed by atoms with Crippen molar-refractivity contribution in [2.75, 3.05) is 33.2 Å². The second kappa shape index (κ2) is 7.34. The molecule has 0 spiro atoms. The summed E-state index contributed by atoms with van der Waals surface area (Å²) in [6, 6.07) is 1.39. The van der Waals surface area contributed by atoms with Gasteiger partial charge >= 0.3 is 0 Å². The van der Waals surface area contributed by atoms with Crippen LogP contribution in [0, 0.1) is 5.92 Å². The number of hydrogen-bond acceptors (Lipinski definition) is 3. The maximum atomic E-state index is 5.58. The number of likely N-dealkylation sites (N-methyl/N-ethyl adjacent to an activating group) is 1. The van der Waals surface area contributed by atoms with Crippen LogP contribution in [0.15, 0.2) is 0 Å². The molecule has 2 N–H and O–H groups in total. The van der Waals surface area contributed by atoms with E-state index in [1.165, 1.54) is 38.9 Å². The van der Waals surface area contributed by atoms with Crippen molar-refractivity contribution in [1.29, 1.82) is 0 Å². The number of piperazine rings is 1. The van der Waals surface area contributed by atoms with E-state index in [0.29, 0.717) is 12.1 Å². The third-order valence-corrected chi connectivity index (χ3v) is 4.27. The van der Waals surface area contributed by atoms with Gasteiger partial charge in [0.25, 0.3) is 0 Å². The van der Waals surface area contributed by atoms with Gasteiger partial charge in [0, 0.05) is 25.2 Å². The summed E-state index contributed by atoms with van der Waals surface area (Å²) in [4.78, 5) is 5.12. The highest BCUT2D eigenvalue weighted by molar-refractivity contribution is 4.82. The van der Waals surface area contributed by atoms with Crippen LogP contribution in [0.1, 0.15) is 40.0 Å². The summed E-state index contributed by atoms with van der Waals surface area (Å²) in [5.41, 5.74) is 5.58. The Morgan fingerprint density at radius 2 is 1.76 bits per heavy atom. The Morgan fingerprint density at radius 1 is 1.18 bits per heavy atom. The number of rotatable bonds is 6. The van der Waals surface area contributed by atoms with Gasteiger partial charge in [0.2, 0.25) is 0 Å². The van der Waals surface area contributed by atoms with E-state index in [1.807, 2.05) is 0 Å². The SMILES string of the molecule is CC(CCN)CCCN1CC(C)N(C)C(C)C1. The normalized spacial score (nSPS) is 29.5. The molecule has 1 saturated heterocycles. The molecule has 1 rings (SSSR count). The predicted octanol–water partition coefficient (Wildman–Crippen LogP) is 1.78. The van der Waals surface area contributed by atoms with Crippen molar-refractivity contribution in [2.45, 2.75) is 52.1 Å². The van der Waals surface area contributed by atoms with Gasteiger partial charge in [-0.25, -0.2) is 0 Å². The third-order valence-electron chi connectivity index (χ3n) is 4.27. The van der Waals surface area contributed by atoms with Crippen molar-refractivity contribution in [2.24, 2.45) is 11.7 Å². The summed E-state index contributed by atoms with van der Waals surface area (Å²) in [6.07, 6.45) is 3.83. The van der Waals surface area contributed by atoms with Crippen LogP contribution in [-0.4, -0.2) is 55.1 Å². The van der Waals surface area contributed by atoms with Crippen molar-refractivity contribution >= 4 is 0 Å². The molecule has 17 heavy (non-hydrogen) atoms. The van der Waals surface area contributed by atoms with Gasteiger partial charge < -0.3 is 10.6 Å². The van der Waals surface area contributed by atoms with Gasteiger partial charge in [-0.1, -0.05) is 6.92 Å².